The second-order valence-electron chi connectivity index (χ2n) is 7.06. The first-order valence-corrected chi connectivity index (χ1v) is 9.78. The van der Waals surface area contributed by atoms with E-state index in [-0.39, 0.29) is 12.1 Å². The molecule has 0 unspecified atom stereocenters. The van der Waals surface area contributed by atoms with Crippen LogP contribution in [0.3, 0.4) is 0 Å². The standard InChI is InChI=1S/C21H25N5O4/c1-28-17-11-14(12-18(29-2)19(17)30-3)24-21(27)25-9-6-15(7-10-25)26-13-23-16-5-4-8-22-20(16)26/h4-5,8,11-13,15H,6-7,9-10H2,1-3H3,(H,24,27). The van der Waals surface area contributed by atoms with Gasteiger partial charge in [-0.2, -0.15) is 0 Å². The lowest BCUT2D eigenvalue weighted by Gasteiger charge is -2.32. The van der Waals surface area contributed by atoms with Gasteiger partial charge in [-0.3, -0.25) is 0 Å². The minimum Gasteiger partial charge on any atom is -0.493 e. The van der Waals surface area contributed by atoms with Crippen molar-refractivity contribution < 1.29 is 19.0 Å². The second kappa shape index (κ2) is 8.48. The van der Waals surface area contributed by atoms with Crippen LogP contribution in [0.2, 0.25) is 0 Å². The summed E-state index contributed by atoms with van der Waals surface area (Å²) >= 11 is 0. The van der Waals surface area contributed by atoms with Crippen LogP contribution < -0.4 is 19.5 Å². The van der Waals surface area contributed by atoms with Crippen molar-refractivity contribution in [2.24, 2.45) is 0 Å². The first-order valence-electron chi connectivity index (χ1n) is 9.78. The van der Waals surface area contributed by atoms with Crippen molar-refractivity contribution in [3.8, 4) is 17.2 Å². The number of urea groups is 1. The average Bonchev–Trinajstić information content (AvgIpc) is 3.22. The molecule has 1 N–H and O–H groups in total. The number of fused-ring (bicyclic) bond motifs is 1. The largest absolute Gasteiger partial charge is 0.493 e. The highest BCUT2D eigenvalue weighted by atomic mass is 16.5. The highest BCUT2D eigenvalue weighted by Gasteiger charge is 2.25. The summed E-state index contributed by atoms with van der Waals surface area (Å²) in [6.45, 7) is 1.29. The summed E-state index contributed by atoms with van der Waals surface area (Å²) in [5.74, 6) is 1.47. The Labute approximate surface area is 174 Å². The Morgan fingerprint density at radius 3 is 2.40 bits per heavy atom. The number of amides is 2. The zero-order valence-corrected chi connectivity index (χ0v) is 17.3. The van der Waals surface area contributed by atoms with E-state index in [1.807, 2.05) is 23.4 Å². The molecule has 30 heavy (non-hydrogen) atoms. The first kappa shape index (κ1) is 19.8. The normalized spacial score (nSPS) is 14.6. The molecular weight excluding hydrogens is 386 g/mol. The number of carbonyl (C=O) groups excluding carboxylic acids is 1. The van der Waals surface area contributed by atoms with Gasteiger partial charge in [0.15, 0.2) is 17.1 Å². The van der Waals surface area contributed by atoms with E-state index in [2.05, 4.69) is 19.9 Å². The lowest BCUT2D eigenvalue weighted by atomic mass is 10.1. The number of ether oxygens (including phenoxy) is 3. The maximum absolute atomic E-state index is 12.8. The summed E-state index contributed by atoms with van der Waals surface area (Å²) in [7, 11) is 4.63. The number of benzene rings is 1. The first-order chi connectivity index (χ1) is 14.6. The van der Waals surface area contributed by atoms with Gasteiger partial charge < -0.3 is 29.0 Å². The third-order valence-corrected chi connectivity index (χ3v) is 5.39. The molecule has 0 radical (unpaired) electrons. The molecule has 1 saturated heterocycles. The van der Waals surface area contributed by atoms with Crippen LogP contribution in [0.15, 0.2) is 36.8 Å². The molecule has 0 atom stereocenters. The summed E-state index contributed by atoms with van der Waals surface area (Å²) < 4.78 is 18.1. The van der Waals surface area contributed by atoms with Crippen LogP contribution in [0.4, 0.5) is 10.5 Å². The van der Waals surface area contributed by atoms with Crippen molar-refractivity contribution in [1.29, 1.82) is 0 Å². The number of imidazole rings is 1. The van der Waals surface area contributed by atoms with Crippen molar-refractivity contribution >= 4 is 22.9 Å². The van der Waals surface area contributed by atoms with Crippen LogP contribution >= 0.6 is 0 Å². The van der Waals surface area contributed by atoms with Crippen molar-refractivity contribution in [1.82, 2.24) is 19.4 Å². The molecule has 1 aromatic carbocycles. The molecular formula is C21H25N5O4. The van der Waals surface area contributed by atoms with Crippen LogP contribution in [-0.2, 0) is 0 Å². The third-order valence-electron chi connectivity index (χ3n) is 5.39. The lowest BCUT2D eigenvalue weighted by molar-refractivity contribution is 0.184. The Hall–Kier alpha value is -3.49. The van der Waals surface area contributed by atoms with Crippen LogP contribution in [0.1, 0.15) is 18.9 Å². The predicted octanol–water partition coefficient (Wildman–Crippen LogP) is 3.33. The third kappa shape index (κ3) is 3.70. The maximum atomic E-state index is 12.8. The second-order valence-corrected chi connectivity index (χ2v) is 7.06. The van der Waals surface area contributed by atoms with Crippen molar-refractivity contribution in [3.63, 3.8) is 0 Å². The van der Waals surface area contributed by atoms with Gasteiger partial charge in [-0.1, -0.05) is 0 Å². The number of anilines is 1. The van der Waals surface area contributed by atoms with Crippen LogP contribution in [0.5, 0.6) is 17.2 Å². The van der Waals surface area contributed by atoms with Crippen molar-refractivity contribution in [3.05, 3.63) is 36.8 Å². The minimum absolute atomic E-state index is 0.156. The van der Waals surface area contributed by atoms with E-state index in [0.29, 0.717) is 36.0 Å². The molecule has 0 spiro atoms. The number of hydrogen-bond acceptors (Lipinski definition) is 6. The number of piperidine rings is 1. The molecule has 0 bridgehead atoms. The molecule has 158 valence electrons. The molecule has 9 heteroatoms. The number of carbonyl (C=O) groups is 1. The SMILES string of the molecule is COc1cc(NC(=O)N2CCC(n3cnc4cccnc43)CC2)cc(OC)c1OC. The Bertz CT molecular complexity index is 1020. The summed E-state index contributed by atoms with van der Waals surface area (Å²) in [6.07, 6.45) is 5.30. The molecule has 3 aromatic rings. The zero-order valence-electron chi connectivity index (χ0n) is 17.3. The van der Waals surface area contributed by atoms with Gasteiger partial charge in [0, 0.05) is 37.5 Å². The van der Waals surface area contributed by atoms with E-state index in [9.17, 15) is 4.79 Å². The summed E-state index contributed by atoms with van der Waals surface area (Å²) in [5.41, 5.74) is 2.36. The number of rotatable bonds is 5. The van der Waals surface area contributed by atoms with E-state index in [4.69, 9.17) is 14.2 Å². The van der Waals surface area contributed by atoms with Gasteiger partial charge in [0.05, 0.1) is 33.3 Å². The van der Waals surface area contributed by atoms with E-state index in [1.165, 1.54) is 0 Å². The predicted molar refractivity (Wildman–Crippen MR) is 112 cm³/mol. The molecule has 1 aliphatic heterocycles. The molecule has 9 nitrogen and oxygen atoms in total. The van der Waals surface area contributed by atoms with E-state index in [0.717, 1.165) is 24.0 Å². The lowest BCUT2D eigenvalue weighted by Crippen LogP contribution is -2.41. The Kier molecular flexibility index (Phi) is 5.60. The van der Waals surface area contributed by atoms with Crippen molar-refractivity contribution in [2.75, 3.05) is 39.7 Å². The monoisotopic (exact) mass is 411 g/mol. The molecule has 0 aliphatic carbocycles. The van der Waals surface area contributed by atoms with Crippen LogP contribution in [-0.4, -0.2) is 59.9 Å². The Morgan fingerprint density at radius 2 is 1.77 bits per heavy atom. The summed E-state index contributed by atoms with van der Waals surface area (Å²) in [6, 6.07) is 7.39. The van der Waals surface area contributed by atoms with Crippen molar-refractivity contribution in [2.45, 2.75) is 18.9 Å². The fourth-order valence-corrected chi connectivity index (χ4v) is 3.84. The molecule has 1 aliphatic rings. The maximum Gasteiger partial charge on any atom is 0.321 e. The van der Waals surface area contributed by atoms with Gasteiger partial charge in [0.25, 0.3) is 0 Å². The number of methoxy groups -OCH3 is 3. The average molecular weight is 411 g/mol. The zero-order chi connectivity index (χ0) is 21.1. The molecule has 2 aromatic heterocycles. The number of nitrogens with zero attached hydrogens (tertiary/aromatic N) is 4. The van der Waals surface area contributed by atoms with Gasteiger partial charge in [-0.05, 0) is 25.0 Å². The van der Waals surface area contributed by atoms with Gasteiger partial charge in [-0.25, -0.2) is 14.8 Å². The number of nitrogens with one attached hydrogen (secondary N) is 1. The fourth-order valence-electron chi connectivity index (χ4n) is 3.84. The smallest absolute Gasteiger partial charge is 0.321 e. The van der Waals surface area contributed by atoms with Gasteiger partial charge in [0.1, 0.15) is 5.52 Å². The van der Waals surface area contributed by atoms with E-state index < -0.39 is 0 Å². The highest BCUT2D eigenvalue weighted by molar-refractivity contribution is 5.90. The summed E-state index contributed by atoms with van der Waals surface area (Å²) in [5, 5.41) is 2.93. The molecule has 1 fully saturated rings. The Morgan fingerprint density at radius 1 is 1.07 bits per heavy atom. The molecule has 4 rings (SSSR count). The number of likely N-dealkylation sites (tertiary alicyclic amines) is 1. The molecule has 2 amide bonds. The van der Waals surface area contributed by atoms with Gasteiger partial charge in [0.2, 0.25) is 5.75 Å². The number of aromatic nitrogens is 3. The number of pyridine rings is 1. The fraction of sp³-hybridized carbons (Fsp3) is 0.381. The minimum atomic E-state index is -0.156. The number of hydrogen-bond donors (Lipinski definition) is 1. The van der Waals surface area contributed by atoms with Crippen LogP contribution in [0, 0.1) is 0 Å². The van der Waals surface area contributed by atoms with E-state index >= 15 is 0 Å². The van der Waals surface area contributed by atoms with Gasteiger partial charge in [-0.15, -0.1) is 0 Å². The quantitative estimate of drug-likeness (QED) is 0.693. The topological polar surface area (TPSA) is 90.7 Å². The molecule has 0 saturated carbocycles. The molecule has 3 heterocycles. The highest BCUT2D eigenvalue weighted by Crippen LogP contribution is 2.40. The Balaban J connectivity index is 1.42. The summed E-state index contributed by atoms with van der Waals surface area (Å²) in [4.78, 5) is 23.5. The van der Waals surface area contributed by atoms with Crippen LogP contribution in [0.25, 0.3) is 11.2 Å². The van der Waals surface area contributed by atoms with E-state index in [1.54, 1.807) is 39.7 Å². The van der Waals surface area contributed by atoms with Gasteiger partial charge >= 0.3 is 6.03 Å².